The van der Waals surface area contributed by atoms with E-state index in [0.29, 0.717) is 11.6 Å². The van der Waals surface area contributed by atoms with Gasteiger partial charge < -0.3 is 4.74 Å². The molecule has 108 valence electrons. The number of hydrazine groups is 1. The highest BCUT2D eigenvalue weighted by atomic mass is 32.1. The zero-order valence-corrected chi connectivity index (χ0v) is 12.1. The second-order valence-corrected chi connectivity index (χ2v) is 5.45. The molecular weight excluding hydrogens is 291 g/mol. The Hall–Kier alpha value is -2.25. The molecule has 0 unspecified atom stereocenters. The summed E-state index contributed by atoms with van der Waals surface area (Å²) in [5.74, 6) is 6.25. The quantitative estimate of drug-likeness (QED) is 0.570. The smallest absolute Gasteiger partial charge is 0.241 e. The van der Waals surface area contributed by atoms with Crippen LogP contribution >= 0.6 is 11.3 Å². The van der Waals surface area contributed by atoms with Crippen molar-refractivity contribution in [3.8, 4) is 11.6 Å². The Morgan fingerprint density at radius 2 is 2.05 bits per heavy atom. The molecule has 0 aliphatic heterocycles. The van der Waals surface area contributed by atoms with Crippen LogP contribution in [0, 0.1) is 5.82 Å². The van der Waals surface area contributed by atoms with Gasteiger partial charge in [0.25, 0.3) is 0 Å². The second kappa shape index (κ2) is 5.63. The number of nitrogen functional groups attached to an aromatic ring is 1. The molecule has 3 aromatic rings. The predicted octanol–water partition coefficient (Wildman–Crippen LogP) is 3.47. The number of fused-ring (bicyclic) bond motifs is 1. The Morgan fingerprint density at radius 1 is 1.29 bits per heavy atom. The van der Waals surface area contributed by atoms with Gasteiger partial charge in [-0.25, -0.2) is 15.2 Å². The molecule has 5 nitrogen and oxygen atoms in total. The van der Waals surface area contributed by atoms with Crippen LogP contribution in [0.2, 0.25) is 0 Å². The fourth-order valence-corrected chi connectivity index (χ4v) is 2.83. The molecule has 0 amide bonds. The lowest BCUT2D eigenvalue weighted by atomic mass is 10.3. The van der Waals surface area contributed by atoms with Gasteiger partial charge in [-0.3, -0.25) is 5.43 Å². The van der Waals surface area contributed by atoms with Crippen LogP contribution in [-0.2, 0) is 6.42 Å². The highest BCUT2D eigenvalue weighted by Gasteiger charge is 2.13. The van der Waals surface area contributed by atoms with Gasteiger partial charge in [0.05, 0.1) is 5.39 Å². The van der Waals surface area contributed by atoms with Gasteiger partial charge in [0, 0.05) is 4.88 Å². The third kappa shape index (κ3) is 2.79. The minimum atomic E-state index is -0.316. The normalized spacial score (nSPS) is 10.8. The van der Waals surface area contributed by atoms with Crippen LogP contribution < -0.4 is 16.0 Å². The third-order valence-electron chi connectivity index (χ3n) is 2.91. The number of ether oxygens (including phenoxy) is 1. The molecule has 3 rings (SSSR count). The van der Waals surface area contributed by atoms with E-state index in [1.54, 1.807) is 23.5 Å². The molecule has 7 heteroatoms. The van der Waals surface area contributed by atoms with Crippen molar-refractivity contribution in [3.63, 3.8) is 0 Å². The molecule has 2 aromatic heterocycles. The van der Waals surface area contributed by atoms with Gasteiger partial charge in [0.15, 0.2) is 0 Å². The molecule has 1 aromatic carbocycles. The maximum Gasteiger partial charge on any atom is 0.241 e. The number of nitrogens with one attached hydrogen (secondary N) is 1. The average molecular weight is 304 g/mol. The lowest BCUT2D eigenvalue weighted by Crippen LogP contribution is -2.10. The molecule has 0 aliphatic carbocycles. The zero-order chi connectivity index (χ0) is 14.8. The second-order valence-electron chi connectivity index (χ2n) is 4.34. The van der Waals surface area contributed by atoms with E-state index in [1.807, 2.05) is 6.07 Å². The molecule has 0 atom stereocenters. The fraction of sp³-hybridized carbons (Fsp3) is 0.143. The monoisotopic (exact) mass is 304 g/mol. The van der Waals surface area contributed by atoms with E-state index < -0.39 is 0 Å². The van der Waals surface area contributed by atoms with Crippen molar-refractivity contribution in [2.45, 2.75) is 13.3 Å². The van der Waals surface area contributed by atoms with Crippen LogP contribution in [0.5, 0.6) is 11.6 Å². The fourth-order valence-electron chi connectivity index (χ4n) is 1.88. The standard InChI is InChI=1S/C14H13FN4OS/c1-2-10-7-11-12(17-14(19-16)18-13(11)21-10)20-9-5-3-8(15)4-6-9/h3-7H,2,16H2,1H3,(H,17,18,19). The summed E-state index contributed by atoms with van der Waals surface area (Å²) in [6, 6.07) is 7.76. The maximum absolute atomic E-state index is 12.9. The van der Waals surface area contributed by atoms with E-state index in [1.165, 1.54) is 17.0 Å². The zero-order valence-electron chi connectivity index (χ0n) is 11.3. The summed E-state index contributed by atoms with van der Waals surface area (Å²) in [7, 11) is 0. The van der Waals surface area contributed by atoms with Crippen molar-refractivity contribution in [1.82, 2.24) is 9.97 Å². The van der Waals surface area contributed by atoms with E-state index in [9.17, 15) is 4.39 Å². The summed E-state index contributed by atoms with van der Waals surface area (Å²) in [6.07, 6.45) is 0.905. The number of hydrogen-bond donors (Lipinski definition) is 2. The van der Waals surface area contributed by atoms with Crippen molar-refractivity contribution in [2.75, 3.05) is 5.43 Å². The molecule has 0 aliphatic rings. The Bertz CT molecular complexity index is 772. The van der Waals surface area contributed by atoms with Gasteiger partial charge in [-0.15, -0.1) is 11.3 Å². The first kappa shape index (κ1) is 13.7. The van der Waals surface area contributed by atoms with Crippen LogP contribution in [0.3, 0.4) is 0 Å². The number of halogens is 1. The van der Waals surface area contributed by atoms with E-state index in [-0.39, 0.29) is 11.8 Å². The summed E-state index contributed by atoms with van der Waals surface area (Å²) in [4.78, 5) is 10.5. The first-order valence-corrected chi connectivity index (χ1v) is 7.21. The largest absolute Gasteiger partial charge is 0.438 e. The highest BCUT2D eigenvalue weighted by Crippen LogP contribution is 2.33. The van der Waals surface area contributed by atoms with Gasteiger partial charge in [-0.1, -0.05) is 6.92 Å². The molecule has 0 fully saturated rings. The van der Waals surface area contributed by atoms with E-state index >= 15 is 0 Å². The SMILES string of the molecule is CCc1cc2c(Oc3ccc(F)cc3)nc(NN)nc2s1. The van der Waals surface area contributed by atoms with Gasteiger partial charge in [0.2, 0.25) is 11.8 Å². The van der Waals surface area contributed by atoms with Crippen LogP contribution in [-0.4, -0.2) is 9.97 Å². The summed E-state index contributed by atoms with van der Waals surface area (Å²) < 4.78 is 18.7. The number of nitrogens with two attached hydrogens (primary N) is 1. The Balaban J connectivity index is 2.06. The molecule has 3 N–H and O–H groups in total. The lowest BCUT2D eigenvalue weighted by molar-refractivity contribution is 0.467. The molecule has 0 spiro atoms. The Kier molecular flexibility index (Phi) is 3.68. The molecule has 0 radical (unpaired) electrons. The first-order valence-electron chi connectivity index (χ1n) is 6.40. The van der Waals surface area contributed by atoms with Crippen LogP contribution in [0.15, 0.2) is 30.3 Å². The summed E-state index contributed by atoms with van der Waals surface area (Å²) in [5, 5.41) is 0.820. The van der Waals surface area contributed by atoms with Crippen LogP contribution in [0.25, 0.3) is 10.2 Å². The molecule has 0 saturated carbocycles. The first-order chi connectivity index (χ1) is 10.2. The number of benzene rings is 1. The number of hydrogen-bond acceptors (Lipinski definition) is 6. The molecule has 0 bridgehead atoms. The van der Waals surface area contributed by atoms with Gasteiger partial charge in [0.1, 0.15) is 16.4 Å². The van der Waals surface area contributed by atoms with Gasteiger partial charge >= 0.3 is 0 Å². The van der Waals surface area contributed by atoms with Crippen molar-refractivity contribution in [3.05, 3.63) is 41.0 Å². The summed E-state index contributed by atoms with van der Waals surface area (Å²) >= 11 is 1.57. The maximum atomic E-state index is 12.9. The lowest BCUT2D eigenvalue weighted by Gasteiger charge is -2.07. The van der Waals surface area contributed by atoms with Crippen molar-refractivity contribution < 1.29 is 9.13 Å². The number of thiophene rings is 1. The Labute approximate surface area is 124 Å². The van der Waals surface area contributed by atoms with Gasteiger partial charge in [-0.2, -0.15) is 4.98 Å². The number of rotatable bonds is 4. The van der Waals surface area contributed by atoms with Crippen LogP contribution in [0.4, 0.5) is 10.3 Å². The summed E-state index contributed by atoms with van der Waals surface area (Å²) in [5.41, 5.74) is 2.43. The topological polar surface area (TPSA) is 73.1 Å². The molecule has 21 heavy (non-hydrogen) atoms. The van der Waals surface area contributed by atoms with Crippen molar-refractivity contribution in [2.24, 2.45) is 5.84 Å². The van der Waals surface area contributed by atoms with Gasteiger partial charge in [-0.05, 0) is 36.8 Å². The summed E-state index contributed by atoms with van der Waals surface area (Å²) in [6.45, 7) is 2.07. The Morgan fingerprint density at radius 3 is 2.71 bits per heavy atom. The minimum Gasteiger partial charge on any atom is -0.438 e. The molecule has 0 saturated heterocycles. The predicted molar refractivity (Wildman–Crippen MR) is 81.1 cm³/mol. The van der Waals surface area contributed by atoms with E-state index in [0.717, 1.165) is 16.6 Å². The minimum absolute atomic E-state index is 0.282. The number of aryl methyl sites for hydroxylation is 1. The number of nitrogens with zero attached hydrogens (tertiary/aromatic N) is 2. The third-order valence-corrected chi connectivity index (χ3v) is 4.09. The van der Waals surface area contributed by atoms with Crippen molar-refractivity contribution in [1.29, 1.82) is 0 Å². The molecular formula is C14H13FN4OS. The average Bonchev–Trinajstić information content (AvgIpc) is 2.92. The number of aromatic nitrogens is 2. The van der Waals surface area contributed by atoms with Crippen molar-refractivity contribution >= 4 is 27.5 Å². The number of anilines is 1. The van der Waals surface area contributed by atoms with E-state index in [4.69, 9.17) is 10.6 Å². The van der Waals surface area contributed by atoms with E-state index in [2.05, 4.69) is 22.3 Å². The molecule has 2 heterocycles. The van der Waals surface area contributed by atoms with Crippen LogP contribution in [0.1, 0.15) is 11.8 Å². The highest BCUT2D eigenvalue weighted by molar-refractivity contribution is 7.18.